The number of aryl methyl sites for hydroxylation is 2. The molecule has 2 heterocycles. The number of hydrogen-bond acceptors (Lipinski definition) is 3. The molecule has 0 unspecified atom stereocenters. The third-order valence-corrected chi connectivity index (χ3v) is 4.08. The molecule has 5 heteroatoms. The second-order valence-corrected chi connectivity index (χ2v) is 5.74. The molecule has 0 N–H and O–H groups in total. The monoisotopic (exact) mass is 343 g/mol. The summed E-state index contributed by atoms with van der Waals surface area (Å²) < 4.78 is 2.53. The Kier molecular flexibility index (Phi) is 3.84. The lowest BCUT2D eigenvalue weighted by Gasteiger charge is -2.06. The van der Waals surface area contributed by atoms with Crippen LogP contribution in [0.25, 0.3) is 10.9 Å². The highest BCUT2D eigenvalue weighted by Crippen LogP contribution is 2.22. The minimum atomic E-state index is 0.0360. The molecule has 4 nitrogen and oxygen atoms in total. The Balaban J connectivity index is 1.84. The van der Waals surface area contributed by atoms with Crippen LogP contribution in [0.15, 0.2) is 47.1 Å². The van der Waals surface area contributed by atoms with Gasteiger partial charge in [0.1, 0.15) is 5.69 Å². The number of halogens is 1. The molecule has 1 aromatic carbocycles. The largest absolute Gasteiger partial charge is 0.292 e. The second-order valence-electron chi connectivity index (χ2n) is 4.88. The van der Waals surface area contributed by atoms with E-state index in [1.165, 1.54) is 0 Å². The number of fused-ring (bicyclic) bond motifs is 1. The molecule has 0 fully saturated rings. The van der Waals surface area contributed by atoms with Crippen molar-refractivity contribution in [2.24, 2.45) is 7.05 Å². The normalized spacial score (nSPS) is 11.0. The number of carbonyl (C=O) groups is 1. The quantitative estimate of drug-likeness (QED) is 0.680. The van der Waals surface area contributed by atoms with Crippen molar-refractivity contribution in [3.8, 4) is 0 Å². The number of pyridine rings is 1. The molecule has 0 amide bonds. The van der Waals surface area contributed by atoms with Gasteiger partial charge in [-0.1, -0.05) is 18.2 Å². The van der Waals surface area contributed by atoms with Crippen molar-refractivity contribution in [3.63, 3.8) is 0 Å². The second kappa shape index (κ2) is 5.77. The van der Waals surface area contributed by atoms with Gasteiger partial charge in [-0.25, -0.2) is 4.98 Å². The molecule has 0 radical (unpaired) electrons. The zero-order chi connectivity index (χ0) is 14.8. The van der Waals surface area contributed by atoms with E-state index in [0.717, 1.165) is 21.1 Å². The van der Waals surface area contributed by atoms with E-state index in [1.54, 1.807) is 10.9 Å². The number of rotatable bonds is 4. The van der Waals surface area contributed by atoms with Crippen LogP contribution in [0.1, 0.15) is 22.6 Å². The maximum absolute atomic E-state index is 12.4. The van der Waals surface area contributed by atoms with Crippen molar-refractivity contribution in [2.75, 3.05) is 0 Å². The number of carbonyl (C=O) groups excluding carboxylic acids is 1. The number of Topliss-reactive ketones (excluding diaryl/α,β-unsaturated/α-hetero) is 1. The summed E-state index contributed by atoms with van der Waals surface area (Å²) in [4.78, 5) is 16.9. The molecule has 0 saturated carbocycles. The van der Waals surface area contributed by atoms with E-state index in [0.29, 0.717) is 18.5 Å². The summed E-state index contributed by atoms with van der Waals surface area (Å²) in [5.41, 5.74) is 2.38. The highest BCUT2D eigenvalue weighted by molar-refractivity contribution is 9.10. The molecule has 0 aliphatic heterocycles. The SMILES string of the molecule is Cn1nccc1CCC(=O)c1nc2ccccc2cc1Br. The number of ketones is 1. The van der Waals surface area contributed by atoms with Gasteiger partial charge in [0.2, 0.25) is 0 Å². The van der Waals surface area contributed by atoms with Crippen molar-refractivity contribution >= 4 is 32.6 Å². The van der Waals surface area contributed by atoms with Gasteiger partial charge in [0.15, 0.2) is 5.78 Å². The average molecular weight is 344 g/mol. The molecule has 106 valence electrons. The maximum Gasteiger partial charge on any atom is 0.182 e. The molecule has 0 atom stereocenters. The molecule has 0 aliphatic carbocycles. The summed E-state index contributed by atoms with van der Waals surface area (Å²) in [5.74, 6) is 0.0360. The Labute approximate surface area is 130 Å². The van der Waals surface area contributed by atoms with Gasteiger partial charge < -0.3 is 0 Å². The third-order valence-electron chi connectivity index (χ3n) is 3.47. The molecular formula is C16H14BrN3O. The summed E-state index contributed by atoms with van der Waals surface area (Å²) in [6.45, 7) is 0. The standard InChI is InChI=1S/C16H14BrN3O/c1-20-12(8-9-18-20)6-7-15(21)16-13(17)10-11-4-2-3-5-14(11)19-16/h2-5,8-10H,6-7H2,1H3. The highest BCUT2D eigenvalue weighted by atomic mass is 79.9. The van der Waals surface area contributed by atoms with Crippen molar-refractivity contribution in [1.82, 2.24) is 14.8 Å². The fourth-order valence-electron chi connectivity index (χ4n) is 2.29. The smallest absolute Gasteiger partial charge is 0.182 e. The maximum atomic E-state index is 12.4. The van der Waals surface area contributed by atoms with E-state index in [1.807, 2.05) is 43.4 Å². The van der Waals surface area contributed by atoms with Gasteiger partial charge in [-0.3, -0.25) is 9.48 Å². The average Bonchev–Trinajstić information content (AvgIpc) is 2.89. The Morgan fingerprint density at radius 2 is 2.10 bits per heavy atom. The molecular weight excluding hydrogens is 330 g/mol. The van der Waals surface area contributed by atoms with E-state index < -0.39 is 0 Å². The Hall–Kier alpha value is -2.01. The fourth-order valence-corrected chi connectivity index (χ4v) is 2.85. The van der Waals surface area contributed by atoms with E-state index in [4.69, 9.17) is 0 Å². The minimum absolute atomic E-state index is 0.0360. The number of nitrogens with zero attached hydrogens (tertiary/aromatic N) is 3. The van der Waals surface area contributed by atoms with E-state index in [-0.39, 0.29) is 5.78 Å². The van der Waals surface area contributed by atoms with Gasteiger partial charge in [0.25, 0.3) is 0 Å². The molecule has 0 spiro atoms. The van der Waals surface area contributed by atoms with Gasteiger partial charge in [0.05, 0.1) is 5.52 Å². The lowest BCUT2D eigenvalue weighted by atomic mass is 10.1. The third kappa shape index (κ3) is 2.88. The van der Waals surface area contributed by atoms with Crippen molar-refractivity contribution in [2.45, 2.75) is 12.8 Å². The summed E-state index contributed by atoms with van der Waals surface area (Å²) in [5, 5.41) is 5.13. The topological polar surface area (TPSA) is 47.8 Å². The number of hydrogen-bond donors (Lipinski definition) is 0. The van der Waals surface area contributed by atoms with Crippen LogP contribution in [-0.4, -0.2) is 20.5 Å². The first-order valence-corrected chi connectivity index (χ1v) is 7.50. The van der Waals surface area contributed by atoms with Crippen LogP contribution in [0.3, 0.4) is 0 Å². The number of aromatic nitrogens is 3. The van der Waals surface area contributed by atoms with Crippen LogP contribution in [0.4, 0.5) is 0 Å². The van der Waals surface area contributed by atoms with Gasteiger partial charge in [0, 0.05) is 35.2 Å². The Morgan fingerprint density at radius 1 is 1.29 bits per heavy atom. The highest BCUT2D eigenvalue weighted by Gasteiger charge is 2.14. The molecule has 2 aromatic heterocycles. The fraction of sp³-hybridized carbons (Fsp3) is 0.188. The van der Waals surface area contributed by atoms with E-state index in [9.17, 15) is 4.79 Å². The molecule has 0 aliphatic rings. The zero-order valence-corrected chi connectivity index (χ0v) is 13.2. The Morgan fingerprint density at radius 3 is 2.86 bits per heavy atom. The van der Waals surface area contributed by atoms with Gasteiger partial charge in [-0.2, -0.15) is 5.10 Å². The lowest BCUT2D eigenvalue weighted by Crippen LogP contribution is -2.07. The van der Waals surface area contributed by atoms with Crippen LogP contribution < -0.4 is 0 Å². The lowest BCUT2D eigenvalue weighted by molar-refractivity contribution is 0.0977. The summed E-state index contributed by atoms with van der Waals surface area (Å²) in [6.07, 6.45) is 2.82. The van der Waals surface area contributed by atoms with Crippen molar-refractivity contribution in [3.05, 3.63) is 58.5 Å². The number of para-hydroxylation sites is 1. The van der Waals surface area contributed by atoms with Gasteiger partial charge in [-0.15, -0.1) is 0 Å². The number of benzene rings is 1. The van der Waals surface area contributed by atoms with Gasteiger partial charge >= 0.3 is 0 Å². The van der Waals surface area contributed by atoms with E-state index in [2.05, 4.69) is 26.0 Å². The molecule has 0 saturated heterocycles. The molecule has 0 bridgehead atoms. The minimum Gasteiger partial charge on any atom is -0.292 e. The van der Waals surface area contributed by atoms with E-state index >= 15 is 0 Å². The first-order chi connectivity index (χ1) is 10.1. The zero-order valence-electron chi connectivity index (χ0n) is 11.6. The molecule has 3 rings (SSSR count). The first-order valence-electron chi connectivity index (χ1n) is 6.70. The van der Waals surface area contributed by atoms with Crippen LogP contribution in [0, 0.1) is 0 Å². The van der Waals surface area contributed by atoms with Gasteiger partial charge in [-0.05, 0) is 40.5 Å². The van der Waals surface area contributed by atoms with Crippen molar-refractivity contribution in [1.29, 1.82) is 0 Å². The summed E-state index contributed by atoms with van der Waals surface area (Å²) in [7, 11) is 1.88. The summed E-state index contributed by atoms with van der Waals surface area (Å²) in [6, 6.07) is 11.7. The predicted octanol–water partition coefficient (Wildman–Crippen LogP) is 3.55. The predicted molar refractivity (Wildman–Crippen MR) is 85.3 cm³/mol. The first kappa shape index (κ1) is 13.9. The summed E-state index contributed by atoms with van der Waals surface area (Å²) >= 11 is 3.45. The van der Waals surface area contributed by atoms with Crippen LogP contribution in [0.5, 0.6) is 0 Å². The van der Waals surface area contributed by atoms with Crippen LogP contribution in [0.2, 0.25) is 0 Å². The van der Waals surface area contributed by atoms with Crippen molar-refractivity contribution < 1.29 is 4.79 Å². The molecule has 3 aromatic rings. The molecule has 21 heavy (non-hydrogen) atoms. The van der Waals surface area contributed by atoms with Crippen LogP contribution in [-0.2, 0) is 13.5 Å². The van der Waals surface area contributed by atoms with Crippen LogP contribution >= 0.6 is 15.9 Å². The Bertz CT molecular complexity index is 810.